The topological polar surface area (TPSA) is 226 Å². The third-order valence-corrected chi connectivity index (χ3v) is 9.85. The van der Waals surface area contributed by atoms with E-state index in [0.29, 0.717) is 12.8 Å². The molecule has 0 aromatic rings. The van der Waals surface area contributed by atoms with Crippen LogP contribution in [0.3, 0.4) is 0 Å². The van der Waals surface area contributed by atoms with Crippen LogP contribution in [0.25, 0.3) is 0 Å². The molecule has 0 spiro atoms. The Labute approximate surface area is 310 Å². The minimum absolute atomic E-state index is 0.265. The number of phosphoric ester groups is 1. The van der Waals surface area contributed by atoms with Gasteiger partial charge in [-0.2, -0.15) is 0 Å². The zero-order valence-corrected chi connectivity index (χ0v) is 32.1. The number of amides is 1. The Morgan fingerprint density at radius 2 is 1.23 bits per heavy atom. The fourth-order valence-corrected chi connectivity index (χ4v) is 6.61. The number of nitrogens with one attached hydrogen (secondary N) is 1. The minimum Gasteiger partial charge on any atom is -0.393 e. The Morgan fingerprint density at radius 3 is 1.87 bits per heavy atom. The summed E-state index contributed by atoms with van der Waals surface area (Å²) in [5.41, 5.74) is 0. The van der Waals surface area contributed by atoms with E-state index in [4.69, 9.17) is 9.05 Å². The zero-order chi connectivity index (χ0) is 38.8. The molecule has 52 heavy (non-hydrogen) atoms. The van der Waals surface area contributed by atoms with Crippen LogP contribution in [0.2, 0.25) is 0 Å². The van der Waals surface area contributed by atoms with Crippen LogP contribution in [0.4, 0.5) is 0 Å². The van der Waals surface area contributed by atoms with Gasteiger partial charge in [-0.3, -0.25) is 13.8 Å². The van der Waals surface area contributed by atoms with Gasteiger partial charge >= 0.3 is 7.82 Å². The summed E-state index contributed by atoms with van der Waals surface area (Å²) in [6.45, 7) is 3.52. The van der Waals surface area contributed by atoms with Gasteiger partial charge in [0.25, 0.3) is 0 Å². The fraction of sp³-hybridized carbons (Fsp3) is 0.763. The van der Waals surface area contributed by atoms with Crippen LogP contribution in [0.15, 0.2) is 48.6 Å². The van der Waals surface area contributed by atoms with Crippen LogP contribution in [0.1, 0.15) is 123 Å². The van der Waals surface area contributed by atoms with Gasteiger partial charge in [-0.05, 0) is 57.8 Å². The van der Waals surface area contributed by atoms with Crippen LogP contribution in [0.5, 0.6) is 0 Å². The van der Waals surface area contributed by atoms with E-state index < -0.39 is 75.2 Å². The van der Waals surface area contributed by atoms with Gasteiger partial charge in [0.15, 0.2) is 0 Å². The van der Waals surface area contributed by atoms with E-state index in [0.717, 1.165) is 70.6 Å². The predicted octanol–water partition coefficient (Wildman–Crippen LogP) is 4.41. The zero-order valence-electron chi connectivity index (χ0n) is 31.2. The molecule has 0 aromatic heterocycles. The van der Waals surface area contributed by atoms with Gasteiger partial charge in [0.2, 0.25) is 5.91 Å². The van der Waals surface area contributed by atoms with Gasteiger partial charge in [-0.1, -0.05) is 107 Å². The molecule has 302 valence electrons. The van der Waals surface area contributed by atoms with E-state index in [2.05, 4.69) is 49.5 Å². The molecule has 0 aliphatic heterocycles. The van der Waals surface area contributed by atoms with Gasteiger partial charge in [-0.25, -0.2) is 4.57 Å². The molecule has 9 N–H and O–H groups in total. The summed E-state index contributed by atoms with van der Waals surface area (Å²) in [6.07, 6.45) is 16.9. The van der Waals surface area contributed by atoms with Crippen molar-refractivity contribution in [1.29, 1.82) is 0 Å². The smallest absolute Gasteiger partial charge is 0.393 e. The summed E-state index contributed by atoms with van der Waals surface area (Å²) in [5, 5.41) is 73.8. The third kappa shape index (κ3) is 21.2. The summed E-state index contributed by atoms with van der Waals surface area (Å²) in [4.78, 5) is 23.2. The van der Waals surface area contributed by atoms with Crippen LogP contribution >= 0.6 is 7.82 Å². The molecule has 1 aliphatic carbocycles. The van der Waals surface area contributed by atoms with Crippen LogP contribution in [0, 0.1) is 0 Å². The lowest BCUT2D eigenvalue weighted by Gasteiger charge is -2.41. The maximum Gasteiger partial charge on any atom is 0.472 e. The second-order valence-corrected chi connectivity index (χ2v) is 15.0. The maximum absolute atomic E-state index is 12.8. The SMILES string of the molecule is CCC/C=C/CC/C=C/C(O)C(COP(=O)(O)OC1C(O)C(O)C(O)C(O)C1O)NC(=O)CC(O)CCCCCCC/C=C\C/C=C\CCCCC. The fourth-order valence-electron chi connectivity index (χ4n) is 5.64. The van der Waals surface area contributed by atoms with E-state index in [1.54, 1.807) is 6.08 Å². The molecular weight excluding hydrogens is 693 g/mol. The summed E-state index contributed by atoms with van der Waals surface area (Å²) < 4.78 is 22.6. The van der Waals surface area contributed by atoms with Crippen molar-refractivity contribution in [3.8, 4) is 0 Å². The number of aliphatic hydroxyl groups is 7. The molecule has 0 saturated heterocycles. The summed E-state index contributed by atoms with van der Waals surface area (Å²) in [7, 11) is -5.14. The van der Waals surface area contributed by atoms with Crippen molar-refractivity contribution in [3.63, 3.8) is 0 Å². The van der Waals surface area contributed by atoms with Crippen molar-refractivity contribution < 1.29 is 59.0 Å². The first kappa shape index (κ1) is 48.3. The van der Waals surface area contributed by atoms with Gasteiger partial charge < -0.3 is 46.0 Å². The third-order valence-electron chi connectivity index (χ3n) is 8.87. The summed E-state index contributed by atoms with van der Waals surface area (Å²) >= 11 is 0. The number of carbonyl (C=O) groups is 1. The molecule has 0 bridgehead atoms. The standard InChI is InChI=1S/C38H68NO12P/c1-3-5-7-9-11-12-13-14-15-16-17-18-20-21-23-25-29(40)27-32(42)39-30(31(41)26-24-22-19-10-8-6-4-2)28-50-52(48,49)51-38-36(46)34(44)33(43)35(45)37(38)47/h8,10-12,14-15,24,26,29-31,33-38,40-41,43-47H,3-7,9,13,16-23,25,27-28H2,1-2H3,(H,39,42)(H,48,49)/b10-8+,12-11-,15-14-,26-24+. The molecule has 8 unspecified atom stereocenters. The van der Waals surface area contributed by atoms with Crippen LogP contribution in [-0.2, 0) is 18.4 Å². The predicted molar refractivity (Wildman–Crippen MR) is 201 cm³/mol. The molecule has 1 aliphatic rings. The van der Waals surface area contributed by atoms with E-state index in [1.165, 1.54) is 25.3 Å². The molecular formula is C38H68NO12P. The molecule has 14 heteroatoms. The molecule has 0 heterocycles. The normalized spacial score (nSPS) is 25.7. The van der Waals surface area contributed by atoms with E-state index in [1.807, 2.05) is 6.08 Å². The van der Waals surface area contributed by atoms with Crippen LogP contribution < -0.4 is 5.32 Å². The Morgan fingerprint density at radius 1 is 0.692 bits per heavy atom. The average Bonchev–Trinajstić information content (AvgIpc) is 3.11. The Balaban J connectivity index is 2.59. The lowest BCUT2D eigenvalue weighted by Crippen LogP contribution is -2.64. The number of hydrogen-bond donors (Lipinski definition) is 9. The van der Waals surface area contributed by atoms with Gasteiger partial charge in [0, 0.05) is 0 Å². The number of rotatable bonds is 29. The Hall–Kier alpha value is -1.74. The summed E-state index contributed by atoms with van der Waals surface area (Å²) in [6, 6.07) is -1.26. The lowest BCUT2D eigenvalue weighted by molar-refractivity contribution is -0.220. The maximum atomic E-state index is 12.8. The van der Waals surface area contributed by atoms with E-state index >= 15 is 0 Å². The number of hydrogen-bond acceptors (Lipinski definition) is 11. The average molecular weight is 762 g/mol. The van der Waals surface area contributed by atoms with Crippen molar-refractivity contribution >= 4 is 13.7 Å². The molecule has 8 atom stereocenters. The minimum atomic E-state index is -5.14. The van der Waals surface area contributed by atoms with Crippen molar-refractivity contribution in [3.05, 3.63) is 48.6 Å². The highest BCUT2D eigenvalue weighted by Crippen LogP contribution is 2.47. The first-order valence-corrected chi connectivity index (χ1v) is 20.7. The molecule has 1 amide bonds. The molecule has 0 radical (unpaired) electrons. The highest BCUT2D eigenvalue weighted by atomic mass is 31.2. The summed E-state index contributed by atoms with van der Waals surface area (Å²) in [5.74, 6) is -0.620. The largest absolute Gasteiger partial charge is 0.472 e. The van der Waals surface area contributed by atoms with Crippen molar-refractivity contribution in [2.45, 2.75) is 178 Å². The van der Waals surface area contributed by atoms with Crippen molar-refractivity contribution in [2.24, 2.45) is 0 Å². The second-order valence-electron chi connectivity index (χ2n) is 13.6. The van der Waals surface area contributed by atoms with E-state index in [-0.39, 0.29) is 6.42 Å². The van der Waals surface area contributed by atoms with Gasteiger partial charge in [0.05, 0.1) is 31.3 Å². The second kappa shape index (κ2) is 28.7. The molecule has 13 nitrogen and oxygen atoms in total. The number of carbonyl (C=O) groups excluding carboxylic acids is 1. The van der Waals surface area contributed by atoms with Crippen molar-refractivity contribution in [1.82, 2.24) is 5.32 Å². The monoisotopic (exact) mass is 761 g/mol. The Bertz CT molecular complexity index is 1090. The molecule has 1 saturated carbocycles. The number of allylic oxidation sites excluding steroid dienone is 7. The number of unbranched alkanes of at least 4 members (excludes halogenated alkanes) is 10. The lowest BCUT2D eigenvalue weighted by atomic mass is 9.85. The molecule has 0 aromatic carbocycles. The highest BCUT2D eigenvalue weighted by Gasteiger charge is 2.51. The van der Waals surface area contributed by atoms with Gasteiger partial charge in [0.1, 0.15) is 36.6 Å². The van der Waals surface area contributed by atoms with Crippen molar-refractivity contribution in [2.75, 3.05) is 6.61 Å². The Kier molecular flexibility index (Phi) is 26.6. The molecule has 1 fully saturated rings. The van der Waals surface area contributed by atoms with Crippen LogP contribution in [-0.4, -0.2) is 108 Å². The van der Waals surface area contributed by atoms with Gasteiger partial charge in [-0.15, -0.1) is 0 Å². The number of phosphoric acid groups is 1. The first-order chi connectivity index (χ1) is 24.8. The quantitative estimate of drug-likeness (QED) is 0.0294. The number of aliphatic hydroxyl groups excluding tert-OH is 7. The highest BCUT2D eigenvalue weighted by molar-refractivity contribution is 7.47. The van der Waals surface area contributed by atoms with E-state index in [9.17, 15) is 50.0 Å². The first-order valence-electron chi connectivity index (χ1n) is 19.2. The molecule has 1 rings (SSSR count).